The van der Waals surface area contributed by atoms with E-state index >= 15 is 0 Å². The summed E-state index contributed by atoms with van der Waals surface area (Å²) in [5.74, 6) is 0.424. The Labute approximate surface area is 219 Å². The van der Waals surface area contributed by atoms with E-state index in [4.69, 9.17) is 4.52 Å². The molecule has 0 atom stereocenters. The molecule has 4 aromatic rings. The van der Waals surface area contributed by atoms with Gasteiger partial charge in [-0.15, -0.1) is 13.2 Å². The number of anilines is 1. The van der Waals surface area contributed by atoms with Gasteiger partial charge in [0.25, 0.3) is 0 Å². The van der Waals surface area contributed by atoms with Crippen LogP contribution >= 0.6 is 11.3 Å². The van der Waals surface area contributed by atoms with Crippen molar-refractivity contribution in [1.82, 2.24) is 10.1 Å². The molecule has 2 fully saturated rings. The van der Waals surface area contributed by atoms with E-state index in [1.807, 2.05) is 6.07 Å². The minimum Gasteiger partial charge on any atom is -0.405 e. The van der Waals surface area contributed by atoms with E-state index in [1.54, 1.807) is 18.2 Å². The van der Waals surface area contributed by atoms with Crippen LogP contribution in [-0.4, -0.2) is 29.6 Å². The summed E-state index contributed by atoms with van der Waals surface area (Å²) in [6.45, 7) is 1.61. The molecule has 7 rings (SSSR count). The smallest absolute Gasteiger partial charge is 0.405 e. The van der Waals surface area contributed by atoms with Crippen LogP contribution in [0.5, 0.6) is 5.75 Å². The van der Waals surface area contributed by atoms with Gasteiger partial charge < -0.3 is 14.2 Å². The van der Waals surface area contributed by atoms with Crippen LogP contribution in [0.1, 0.15) is 49.3 Å². The van der Waals surface area contributed by atoms with Crippen molar-refractivity contribution in [3.05, 3.63) is 65.7 Å². The van der Waals surface area contributed by atoms with Crippen molar-refractivity contribution in [3.63, 3.8) is 0 Å². The third-order valence-corrected chi connectivity index (χ3v) is 8.85. The van der Waals surface area contributed by atoms with Crippen molar-refractivity contribution in [2.45, 2.75) is 44.4 Å². The fourth-order valence-electron chi connectivity index (χ4n) is 5.68. The number of allylic oxidation sites excluding steroid dienone is 2. The molecule has 0 N–H and O–H groups in total. The van der Waals surface area contributed by atoms with Gasteiger partial charge in [-0.1, -0.05) is 40.8 Å². The van der Waals surface area contributed by atoms with E-state index in [1.165, 1.54) is 29.5 Å². The van der Waals surface area contributed by atoms with Gasteiger partial charge in [-0.05, 0) is 67.4 Å². The van der Waals surface area contributed by atoms with E-state index in [-0.39, 0.29) is 28.5 Å². The number of fused-ring (bicyclic) bond motifs is 1. The fourth-order valence-corrected chi connectivity index (χ4v) is 6.71. The number of benzene rings is 2. The van der Waals surface area contributed by atoms with E-state index in [0.29, 0.717) is 11.2 Å². The predicted octanol–water partition coefficient (Wildman–Crippen LogP) is 7.94. The first-order chi connectivity index (χ1) is 18.3. The highest BCUT2D eigenvalue weighted by atomic mass is 32.1. The molecule has 0 unspecified atom stereocenters. The Morgan fingerprint density at radius 2 is 1.82 bits per heavy atom. The number of aromatic nitrogens is 2. The van der Waals surface area contributed by atoms with Gasteiger partial charge in [-0.2, -0.15) is 0 Å². The van der Waals surface area contributed by atoms with Crippen LogP contribution in [0.3, 0.4) is 0 Å². The average Bonchev–Trinajstić information content (AvgIpc) is 3.46. The molecule has 196 valence electrons. The van der Waals surface area contributed by atoms with E-state index in [0.717, 1.165) is 71.9 Å². The highest BCUT2D eigenvalue weighted by Crippen LogP contribution is 2.56. The molecule has 2 aromatic heterocycles. The van der Waals surface area contributed by atoms with Crippen LogP contribution in [0.15, 0.2) is 53.1 Å². The van der Waals surface area contributed by atoms with Gasteiger partial charge in [0.1, 0.15) is 28.5 Å². The lowest BCUT2D eigenvalue weighted by atomic mass is 9.63. The van der Waals surface area contributed by atoms with E-state index in [9.17, 15) is 17.6 Å². The van der Waals surface area contributed by atoms with Crippen molar-refractivity contribution >= 4 is 32.3 Å². The van der Waals surface area contributed by atoms with Gasteiger partial charge in [-0.3, -0.25) is 0 Å². The van der Waals surface area contributed by atoms with Crippen LogP contribution in [-0.2, 0) is 0 Å². The van der Waals surface area contributed by atoms with Crippen LogP contribution in [0.2, 0.25) is 0 Å². The summed E-state index contributed by atoms with van der Waals surface area (Å²) in [7, 11) is 0. The Morgan fingerprint density at radius 1 is 1.05 bits per heavy atom. The van der Waals surface area contributed by atoms with Gasteiger partial charge in [0.2, 0.25) is 0 Å². The topological polar surface area (TPSA) is 51.4 Å². The summed E-state index contributed by atoms with van der Waals surface area (Å²) in [6, 6.07) is 11.1. The number of para-hydroxylation sites is 2. The maximum absolute atomic E-state index is 14.1. The molecule has 1 saturated carbocycles. The molecule has 10 heteroatoms. The van der Waals surface area contributed by atoms with Gasteiger partial charge in [-0.25, -0.2) is 9.37 Å². The normalized spacial score (nSPS) is 19.1. The Balaban J connectivity index is 1.16. The third-order valence-electron chi connectivity index (χ3n) is 7.77. The number of ether oxygens (including phenoxy) is 1. The minimum atomic E-state index is -4.80. The zero-order chi connectivity index (χ0) is 26.1. The molecule has 1 saturated heterocycles. The van der Waals surface area contributed by atoms with Crippen molar-refractivity contribution < 1.29 is 26.8 Å². The molecule has 2 aliphatic carbocycles. The first-order valence-corrected chi connectivity index (χ1v) is 13.5. The molecule has 2 aromatic carbocycles. The van der Waals surface area contributed by atoms with Crippen molar-refractivity contribution in [3.8, 4) is 17.0 Å². The summed E-state index contributed by atoms with van der Waals surface area (Å²) >= 11 is 1.51. The summed E-state index contributed by atoms with van der Waals surface area (Å²) in [6.07, 6.45) is 2.08. The number of hydrogen-bond donors (Lipinski definition) is 0. The summed E-state index contributed by atoms with van der Waals surface area (Å²) < 4.78 is 64.3. The molecular formula is C28H23F4N3O2S. The highest BCUT2D eigenvalue weighted by Gasteiger charge is 2.44. The molecule has 0 radical (unpaired) electrons. The largest absolute Gasteiger partial charge is 0.573 e. The maximum atomic E-state index is 14.1. The molecule has 0 bridgehead atoms. The standard InChI is InChI=1S/C28H23F4N3O2S/c29-19-5-3-7-21-24(19)33-26(38-21)35-12-10-27(11-13-35)14-17(15-27)22-23(34-37-25(22)16-8-9-16)18-4-1-2-6-20(18)36-28(30,31)32/h1-7,14,16H,8-13,15H2. The monoisotopic (exact) mass is 541 g/mol. The number of alkyl halides is 3. The van der Waals surface area contributed by atoms with Crippen molar-refractivity contribution in [2.24, 2.45) is 5.41 Å². The lowest BCUT2D eigenvalue weighted by molar-refractivity contribution is -0.274. The highest BCUT2D eigenvalue weighted by molar-refractivity contribution is 7.22. The lowest BCUT2D eigenvalue weighted by Gasteiger charge is -2.46. The van der Waals surface area contributed by atoms with Gasteiger partial charge in [0.05, 0.1) is 4.70 Å². The zero-order valence-corrected chi connectivity index (χ0v) is 21.0. The van der Waals surface area contributed by atoms with Crippen LogP contribution in [0.25, 0.3) is 27.0 Å². The molecule has 0 amide bonds. The van der Waals surface area contributed by atoms with E-state index in [2.05, 4.69) is 25.9 Å². The molecule has 5 nitrogen and oxygen atoms in total. The predicted molar refractivity (Wildman–Crippen MR) is 137 cm³/mol. The first-order valence-electron chi connectivity index (χ1n) is 12.7. The van der Waals surface area contributed by atoms with Crippen LogP contribution in [0, 0.1) is 11.2 Å². The molecule has 38 heavy (non-hydrogen) atoms. The Morgan fingerprint density at radius 3 is 2.53 bits per heavy atom. The second kappa shape index (κ2) is 8.56. The second-order valence-corrected chi connectivity index (χ2v) is 11.4. The Hall–Kier alpha value is -3.40. The quantitative estimate of drug-likeness (QED) is 0.240. The lowest BCUT2D eigenvalue weighted by Crippen LogP contribution is -2.42. The molecule has 1 spiro atoms. The summed E-state index contributed by atoms with van der Waals surface area (Å²) in [5, 5.41) is 5.08. The first kappa shape index (κ1) is 23.7. The zero-order valence-electron chi connectivity index (χ0n) is 20.2. The van der Waals surface area contributed by atoms with Crippen molar-refractivity contribution in [2.75, 3.05) is 18.0 Å². The number of halogens is 4. The van der Waals surface area contributed by atoms with E-state index < -0.39 is 6.36 Å². The Kier molecular flexibility index (Phi) is 5.34. The van der Waals surface area contributed by atoms with Crippen LogP contribution in [0.4, 0.5) is 22.7 Å². The number of piperidine rings is 1. The second-order valence-electron chi connectivity index (χ2n) is 10.4. The SMILES string of the molecule is Fc1cccc2sc(N3CCC4(C=C(c5c(-c6ccccc6OC(F)(F)F)noc5C5CC5)C4)CC3)nc12. The van der Waals surface area contributed by atoms with Gasteiger partial charge in [0.15, 0.2) is 5.13 Å². The molecule has 1 aliphatic heterocycles. The number of nitrogens with zero attached hydrogens (tertiary/aromatic N) is 3. The number of thiazole rings is 1. The minimum absolute atomic E-state index is 0.0190. The molecule has 3 aliphatic rings. The van der Waals surface area contributed by atoms with Crippen LogP contribution < -0.4 is 9.64 Å². The number of hydrogen-bond acceptors (Lipinski definition) is 6. The number of rotatable bonds is 5. The third kappa shape index (κ3) is 4.15. The Bertz CT molecular complexity index is 1560. The van der Waals surface area contributed by atoms with Gasteiger partial charge >= 0.3 is 6.36 Å². The summed E-state index contributed by atoms with van der Waals surface area (Å²) in [5.41, 5.74) is 3.00. The average molecular weight is 542 g/mol. The maximum Gasteiger partial charge on any atom is 0.573 e. The fraction of sp³-hybridized carbons (Fsp3) is 0.357. The van der Waals surface area contributed by atoms with Crippen molar-refractivity contribution in [1.29, 1.82) is 0 Å². The molecular weight excluding hydrogens is 518 g/mol. The van der Waals surface area contributed by atoms with Gasteiger partial charge in [0, 0.05) is 30.1 Å². The molecule has 3 heterocycles. The summed E-state index contributed by atoms with van der Waals surface area (Å²) in [4.78, 5) is 6.76.